The van der Waals surface area contributed by atoms with E-state index in [2.05, 4.69) is 0 Å². The summed E-state index contributed by atoms with van der Waals surface area (Å²) in [5.41, 5.74) is 1.84. The van der Waals surface area contributed by atoms with Crippen molar-refractivity contribution in [3.8, 4) is 45.6 Å². The highest BCUT2D eigenvalue weighted by Crippen LogP contribution is 2.49. The van der Waals surface area contributed by atoms with Gasteiger partial charge in [-0.05, 0) is 104 Å². The number of carbonyl (C=O) groups excluding carboxylic acids is 4. The van der Waals surface area contributed by atoms with Crippen LogP contribution in [0, 0.1) is 0 Å². The van der Waals surface area contributed by atoms with Crippen LogP contribution >= 0.6 is 0 Å². The number of esters is 4. The summed E-state index contributed by atoms with van der Waals surface area (Å²) >= 11 is 0. The van der Waals surface area contributed by atoms with Gasteiger partial charge in [0.25, 0.3) is 0 Å². The van der Waals surface area contributed by atoms with Crippen LogP contribution in [0.3, 0.4) is 0 Å². The predicted octanol–water partition coefficient (Wildman–Crippen LogP) is 8.39. The Labute approximate surface area is 304 Å². The van der Waals surface area contributed by atoms with Crippen molar-refractivity contribution in [2.24, 2.45) is 0 Å². The van der Waals surface area contributed by atoms with Crippen LogP contribution in [0.25, 0.3) is 11.1 Å². The van der Waals surface area contributed by atoms with E-state index in [1.54, 1.807) is 97.1 Å². The molecule has 0 aliphatic carbocycles. The molecule has 10 heteroatoms. The van der Waals surface area contributed by atoms with Gasteiger partial charge in [0.1, 0.15) is 47.2 Å². The van der Waals surface area contributed by atoms with Crippen molar-refractivity contribution in [1.82, 2.24) is 0 Å². The zero-order valence-corrected chi connectivity index (χ0v) is 28.2. The lowest BCUT2D eigenvalue weighted by atomic mass is 10.00. The number of carbonyl (C=O) groups is 4. The Hall–Kier alpha value is -7.20. The van der Waals surface area contributed by atoms with Crippen LogP contribution < -0.4 is 28.4 Å². The Kier molecular flexibility index (Phi) is 9.93. The number of fused-ring (bicyclic) bond motifs is 3. The molecule has 0 N–H and O–H groups in total. The molecule has 1 aliphatic heterocycles. The highest BCUT2D eigenvalue weighted by atomic mass is 16.6. The van der Waals surface area contributed by atoms with Gasteiger partial charge >= 0.3 is 23.9 Å². The second-order valence-electron chi connectivity index (χ2n) is 11.8. The fourth-order valence-electron chi connectivity index (χ4n) is 5.48. The van der Waals surface area contributed by atoms with Gasteiger partial charge in [0.05, 0.1) is 33.4 Å². The summed E-state index contributed by atoms with van der Waals surface area (Å²) in [5.74, 6) is -0.941. The molecule has 0 saturated carbocycles. The predicted molar refractivity (Wildman–Crippen MR) is 193 cm³/mol. The number of rotatable bonds is 8. The average molecular weight is 707 g/mol. The maximum Gasteiger partial charge on any atom is 0.343 e. The first kappa shape index (κ1) is 34.3. The molecule has 0 radical (unpaired) electrons. The van der Waals surface area contributed by atoms with Gasteiger partial charge in [0, 0.05) is 0 Å². The van der Waals surface area contributed by atoms with Gasteiger partial charge in [-0.15, -0.1) is 0 Å². The number of ether oxygens (including phenoxy) is 6. The summed E-state index contributed by atoms with van der Waals surface area (Å²) in [5, 5.41) is 0. The van der Waals surface area contributed by atoms with E-state index in [0.29, 0.717) is 33.8 Å². The van der Waals surface area contributed by atoms with Crippen molar-refractivity contribution < 1.29 is 47.6 Å². The second-order valence-corrected chi connectivity index (χ2v) is 11.8. The lowest BCUT2D eigenvalue weighted by molar-refractivity contribution is 0.0717. The molecule has 1 aliphatic rings. The molecule has 0 saturated heterocycles. The molecule has 1 heterocycles. The lowest BCUT2D eigenvalue weighted by Crippen LogP contribution is -2.23. The third-order valence-electron chi connectivity index (χ3n) is 8.05. The Balaban J connectivity index is 1.13. The molecular formula is C43H30O10. The Morgan fingerprint density at radius 1 is 0.453 bits per heavy atom. The largest absolute Gasteiger partial charge is 0.489 e. The third-order valence-corrected chi connectivity index (χ3v) is 8.05. The van der Waals surface area contributed by atoms with Crippen LogP contribution in [-0.4, -0.2) is 36.6 Å². The van der Waals surface area contributed by atoms with E-state index in [0.717, 1.165) is 0 Å². The molecule has 6 aromatic rings. The topological polar surface area (TPSA) is 124 Å². The van der Waals surface area contributed by atoms with Gasteiger partial charge in [-0.3, -0.25) is 0 Å². The molecule has 0 spiro atoms. The van der Waals surface area contributed by atoms with Crippen molar-refractivity contribution in [2.45, 2.75) is 13.0 Å². The molecule has 0 aromatic heterocycles. The first-order valence-corrected chi connectivity index (χ1v) is 16.6. The van der Waals surface area contributed by atoms with E-state index >= 15 is 0 Å². The molecule has 10 nitrogen and oxygen atoms in total. The van der Waals surface area contributed by atoms with E-state index in [1.807, 2.05) is 6.92 Å². The Morgan fingerprint density at radius 3 is 1.32 bits per heavy atom. The fraction of sp³-hybridized carbons (Fsp3) is 0.0698. The average Bonchev–Trinajstić information content (AvgIpc) is 3.18. The van der Waals surface area contributed by atoms with Crippen LogP contribution in [0.1, 0.15) is 48.4 Å². The standard InChI is InChI=1S/C43H30O10/c1-27-26-48-34-14-8-16-36(52-42(46)30-18-22-32(23-19-30)50-40(44)28-10-4-2-5-11-28)38(34)39-35(49-27)15-9-17-37(39)53-43(47)31-20-24-33(25-21-31)51-41(45)29-12-6-3-7-13-29/h2-25,27H,26H2,1H3. The summed E-state index contributed by atoms with van der Waals surface area (Å²) < 4.78 is 35.0. The molecule has 0 bridgehead atoms. The molecule has 0 amide bonds. The Morgan fingerprint density at radius 2 is 0.849 bits per heavy atom. The fourth-order valence-corrected chi connectivity index (χ4v) is 5.48. The van der Waals surface area contributed by atoms with Crippen LogP contribution in [0.2, 0.25) is 0 Å². The van der Waals surface area contributed by atoms with Crippen LogP contribution in [0.5, 0.6) is 34.5 Å². The minimum Gasteiger partial charge on any atom is -0.489 e. The highest BCUT2D eigenvalue weighted by molar-refractivity contribution is 5.97. The van der Waals surface area contributed by atoms with Crippen LogP contribution in [0.15, 0.2) is 146 Å². The van der Waals surface area contributed by atoms with E-state index in [1.165, 1.54) is 48.5 Å². The maximum atomic E-state index is 13.5. The number of hydrogen-bond donors (Lipinski definition) is 0. The third kappa shape index (κ3) is 7.92. The molecule has 6 aromatic carbocycles. The van der Waals surface area contributed by atoms with Crippen molar-refractivity contribution >= 4 is 23.9 Å². The molecule has 53 heavy (non-hydrogen) atoms. The van der Waals surface area contributed by atoms with E-state index in [4.69, 9.17) is 28.4 Å². The summed E-state index contributed by atoms with van der Waals surface area (Å²) in [6.45, 7) is 2.03. The molecule has 0 fully saturated rings. The highest BCUT2D eigenvalue weighted by Gasteiger charge is 2.28. The molecule has 1 atom stereocenters. The summed E-state index contributed by atoms with van der Waals surface area (Å²) in [6.07, 6.45) is -0.375. The second kappa shape index (κ2) is 15.4. The molecule has 262 valence electrons. The monoisotopic (exact) mass is 706 g/mol. The van der Waals surface area contributed by atoms with Crippen molar-refractivity contribution in [2.75, 3.05) is 6.61 Å². The minimum absolute atomic E-state index is 0.124. The van der Waals surface area contributed by atoms with Gasteiger partial charge < -0.3 is 28.4 Å². The zero-order chi connectivity index (χ0) is 36.7. The molecular weight excluding hydrogens is 676 g/mol. The summed E-state index contributed by atoms with van der Waals surface area (Å²) in [6, 6.07) is 39.0. The van der Waals surface area contributed by atoms with E-state index in [-0.39, 0.29) is 46.8 Å². The maximum absolute atomic E-state index is 13.5. The van der Waals surface area contributed by atoms with Gasteiger partial charge in [-0.25, -0.2) is 19.2 Å². The van der Waals surface area contributed by atoms with Crippen molar-refractivity contribution in [3.05, 3.63) is 168 Å². The van der Waals surface area contributed by atoms with Crippen LogP contribution in [0.4, 0.5) is 0 Å². The van der Waals surface area contributed by atoms with E-state index in [9.17, 15) is 19.2 Å². The first-order chi connectivity index (χ1) is 25.8. The molecule has 1 unspecified atom stereocenters. The SMILES string of the molecule is CC1COc2cccc(OC(=O)c3ccc(OC(=O)c4ccccc4)cc3)c2-c2c(OC(=O)c3ccc(OC(=O)c4ccccc4)cc3)cccc2O1. The normalized spacial score (nSPS) is 13.0. The minimum atomic E-state index is -0.695. The summed E-state index contributed by atoms with van der Waals surface area (Å²) in [4.78, 5) is 51.9. The van der Waals surface area contributed by atoms with Gasteiger partial charge in [0.2, 0.25) is 0 Å². The van der Waals surface area contributed by atoms with Crippen molar-refractivity contribution in [3.63, 3.8) is 0 Å². The van der Waals surface area contributed by atoms with E-state index < -0.39 is 23.9 Å². The smallest absolute Gasteiger partial charge is 0.343 e. The van der Waals surface area contributed by atoms with Gasteiger partial charge in [-0.2, -0.15) is 0 Å². The van der Waals surface area contributed by atoms with Gasteiger partial charge in [0.15, 0.2) is 0 Å². The summed E-state index contributed by atoms with van der Waals surface area (Å²) in [7, 11) is 0. The molecule has 7 rings (SSSR count). The van der Waals surface area contributed by atoms with Crippen LogP contribution in [-0.2, 0) is 0 Å². The van der Waals surface area contributed by atoms with Gasteiger partial charge in [-0.1, -0.05) is 48.5 Å². The quantitative estimate of drug-likeness (QED) is 0.113. The lowest BCUT2D eigenvalue weighted by Gasteiger charge is -2.26. The number of benzene rings is 6. The number of hydrogen-bond acceptors (Lipinski definition) is 10. The van der Waals surface area contributed by atoms with Crippen molar-refractivity contribution in [1.29, 1.82) is 0 Å². The first-order valence-electron chi connectivity index (χ1n) is 16.6. The zero-order valence-electron chi connectivity index (χ0n) is 28.2. The Bertz CT molecular complexity index is 2280.